The fourth-order valence-electron chi connectivity index (χ4n) is 3.53. The van der Waals surface area contributed by atoms with Gasteiger partial charge in [0.2, 0.25) is 0 Å². The summed E-state index contributed by atoms with van der Waals surface area (Å²) in [6.45, 7) is 5.00. The largest absolute Gasteiger partial charge is 0.326 e. The summed E-state index contributed by atoms with van der Waals surface area (Å²) in [6, 6.07) is 19.4. The van der Waals surface area contributed by atoms with Gasteiger partial charge in [-0.15, -0.1) is 23.7 Å². The number of halogens is 1. The van der Waals surface area contributed by atoms with Crippen LogP contribution < -0.4 is 5.73 Å². The Morgan fingerprint density at radius 2 is 1.81 bits per heavy atom. The number of benzene rings is 2. The zero-order valence-electron chi connectivity index (χ0n) is 14.8. The molecule has 136 valence electrons. The molecule has 2 heterocycles. The Labute approximate surface area is 165 Å². The predicted molar refractivity (Wildman–Crippen MR) is 112 cm³/mol. The van der Waals surface area contributed by atoms with E-state index in [4.69, 9.17) is 5.73 Å². The number of likely N-dealkylation sites (tertiary alicyclic amines) is 1. The minimum atomic E-state index is 0. The van der Waals surface area contributed by atoms with Crippen LogP contribution in [0.2, 0.25) is 0 Å². The third-order valence-corrected chi connectivity index (χ3v) is 5.93. The van der Waals surface area contributed by atoms with Gasteiger partial charge in [0.15, 0.2) is 0 Å². The van der Waals surface area contributed by atoms with Gasteiger partial charge in [0.05, 0.1) is 0 Å². The first-order valence-corrected chi connectivity index (χ1v) is 9.55. The van der Waals surface area contributed by atoms with Gasteiger partial charge in [-0.25, -0.2) is 4.98 Å². The summed E-state index contributed by atoms with van der Waals surface area (Å²) in [6.07, 6.45) is 2.02. The van der Waals surface area contributed by atoms with E-state index in [-0.39, 0.29) is 18.4 Å². The molecule has 1 fully saturated rings. The Balaban J connectivity index is 0.00000196. The molecule has 3 nitrogen and oxygen atoms in total. The quantitative estimate of drug-likeness (QED) is 0.720. The first-order valence-electron chi connectivity index (χ1n) is 8.73. The molecule has 5 heteroatoms. The predicted octanol–water partition coefficient (Wildman–Crippen LogP) is 4.47. The second-order valence-electron chi connectivity index (χ2n) is 6.87. The zero-order chi connectivity index (χ0) is 17.2. The first kappa shape index (κ1) is 19.1. The number of hydrogen-bond donors (Lipinski definition) is 1. The topological polar surface area (TPSA) is 42.2 Å². The highest BCUT2D eigenvalue weighted by molar-refractivity contribution is 7.15. The molecule has 2 aromatic carbocycles. The van der Waals surface area contributed by atoms with E-state index in [1.165, 1.54) is 21.6 Å². The molecule has 0 unspecified atom stereocenters. The van der Waals surface area contributed by atoms with Crippen LogP contribution in [0.5, 0.6) is 0 Å². The molecule has 26 heavy (non-hydrogen) atoms. The Hall–Kier alpha value is -1.72. The second-order valence-corrected chi connectivity index (χ2v) is 7.99. The smallest absolute Gasteiger partial charge is 0.123 e. The van der Waals surface area contributed by atoms with Crippen molar-refractivity contribution < 1.29 is 0 Å². The molecule has 2 atom stereocenters. The molecule has 2 N–H and O–H groups in total. The minimum absolute atomic E-state index is 0. The van der Waals surface area contributed by atoms with Crippen LogP contribution in [0.3, 0.4) is 0 Å². The number of aromatic nitrogens is 1. The maximum Gasteiger partial charge on any atom is 0.123 e. The molecule has 1 saturated heterocycles. The Bertz CT molecular complexity index is 832. The molecule has 4 rings (SSSR count). The van der Waals surface area contributed by atoms with Gasteiger partial charge in [0.1, 0.15) is 5.01 Å². The summed E-state index contributed by atoms with van der Waals surface area (Å²) in [7, 11) is 0. The average Bonchev–Trinajstić information content (AvgIpc) is 3.23. The van der Waals surface area contributed by atoms with Crippen LogP contribution >= 0.6 is 23.7 Å². The molecule has 0 saturated carbocycles. The van der Waals surface area contributed by atoms with Gasteiger partial charge < -0.3 is 5.73 Å². The average molecular weight is 386 g/mol. The molecule has 1 aliphatic heterocycles. The normalized spacial score (nSPS) is 20.1. The van der Waals surface area contributed by atoms with E-state index in [0.717, 1.165) is 24.6 Å². The summed E-state index contributed by atoms with van der Waals surface area (Å²) < 4.78 is 0. The SMILES string of the molecule is Cc1ccc(-c2ncc(CN3C[C@@H](N)[C@H](c4ccccc4)C3)s2)cc1.Cl. The van der Waals surface area contributed by atoms with E-state index in [9.17, 15) is 0 Å². The van der Waals surface area contributed by atoms with Crippen molar-refractivity contribution in [1.29, 1.82) is 0 Å². The number of hydrogen-bond acceptors (Lipinski definition) is 4. The van der Waals surface area contributed by atoms with Gasteiger partial charge in [-0.2, -0.15) is 0 Å². The van der Waals surface area contributed by atoms with Crippen molar-refractivity contribution in [3.8, 4) is 10.6 Å². The zero-order valence-corrected chi connectivity index (χ0v) is 16.5. The van der Waals surface area contributed by atoms with E-state index < -0.39 is 0 Å². The van der Waals surface area contributed by atoms with Gasteiger partial charge >= 0.3 is 0 Å². The van der Waals surface area contributed by atoms with E-state index in [2.05, 4.69) is 71.4 Å². The van der Waals surface area contributed by atoms with E-state index in [1.54, 1.807) is 11.3 Å². The standard InChI is InChI=1S/C21H23N3S.ClH/c1-15-7-9-17(10-8-15)21-23-11-18(25-21)12-24-13-19(20(22)14-24)16-5-3-2-4-6-16;/h2-11,19-20H,12-14,22H2,1H3;1H/t19-,20+;/m0./s1. The van der Waals surface area contributed by atoms with Crippen LogP contribution in [-0.2, 0) is 6.54 Å². The summed E-state index contributed by atoms with van der Waals surface area (Å²) >= 11 is 1.78. The van der Waals surface area contributed by atoms with E-state index in [1.807, 2.05) is 6.20 Å². The highest BCUT2D eigenvalue weighted by Gasteiger charge is 2.31. The van der Waals surface area contributed by atoms with E-state index in [0.29, 0.717) is 5.92 Å². The fourth-order valence-corrected chi connectivity index (χ4v) is 4.49. The van der Waals surface area contributed by atoms with Crippen LogP contribution in [0.1, 0.15) is 21.9 Å². The maximum absolute atomic E-state index is 6.41. The summed E-state index contributed by atoms with van der Waals surface area (Å²) in [4.78, 5) is 8.37. The van der Waals surface area contributed by atoms with Crippen LogP contribution in [0, 0.1) is 6.92 Å². The van der Waals surface area contributed by atoms with Crippen LogP contribution in [0.25, 0.3) is 10.6 Å². The van der Waals surface area contributed by atoms with Crippen molar-refractivity contribution in [2.45, 2.75) is 25.4 Å². The molecule has 0 aliphatic carbocycles. The van der Waals surface area contributed by atoms with Gasteiger partial charge in [-0.3, -0.25) is 4.90 Å². The van der Waals surface area contributed by atoms with Crippen molar-refractivity contribution in [2.24, 2.45) is 5.73 Å². The van der Waals surface area contributed by atoms with Crippen molar-refractivity contribution in [1.82, 2.24) is 9.88 Å². The van der Waals surface area contributed by atoms with Crippen molar-refractivity contribution in [3.05, 3.63) is 76.8 Å². The number of aryl methyl sites for hydroxylation is 1. The first-order chi connectivity index (χ1) is 12.2. The molecule has 1 aromatic heterocycles. The Morgan fingerprint density at radius 3 is 2.54 bits per heavy atom. The number of nitrogens with zero attached hydrogens (tertiary/aromatic N) is 2. The van der Waals surface area contributed by atoms with Crippen LogP contribution in [-0.4, -0.2) is 29.0 Å². The second kappa shape index (κ2) is 8.31. The van der Waals surface area contributed by atoms with Gasteiger partial charge in [-0.1, -0.05) is 60.2 Å². The molecular formula is C21H24ClN3S. The van der Waals surface area contributed by atoms with E-state index >= 15 is 0 Å². The molecule has 0 spiro atoms. The van der Waals surface area contributed by atoms with Crippen LogP contribution in [0.15, 0.2) is 60.8 Å². The van der Waals surface area contributed by atoms with Gasteiger partial charge in [0, 0.05) is 48.2 Å². The highest BCUT2D eigenvalue weighted by atomic mass is 35.5. The van der Waals surface area contributed by atoms with Gasteiger partial charge in [0.25, 0.3) is 0 Å². The van der Waals surface area contributed by atoms with Crippen molar-refractivity contribution >= 4 is 23.7 Å². The molecular weight excluding hydrogens is 362 g/mol. The number of nitrogens with two attached hydrogens (primary N) is 1. The minimum Gasteiger partial charge on any atom is -0.326 e. The number of thiazole rings is 1. The Kier molecular flexibility index (Phi) is 6.09. The number of rotatable bonds is 4. The third kappa shape index (κ3) is 4.15. The third-order valence-electron chi connectivity index (χ3n) is 4.90. The fraction of sp³-hybridized carbons (Fsp3) is 0.286. The summed E-state index contributed by atoms with van der Waals surface area (Å²) in [5, 5.41) is 1.10. The lowest BCUT2D eigenvalue weighted by Crippen LogP contribution is -2.28. The van der Waals surface area contributed by atoms with Gasteiger partial charge in [-0.05, 0) is 12.5 Å². The summed E-state index contributed by atoms with van der Waals surface area (Å²) in [5.41, 5.74) is 10.2. The monoisotopic (exact) mass is 385 g/mol. The molecule has 3 aromatic rings. The molecule has 1 aliphatic rings. The lowest BCUT2D eigenvalue weighted by Gasteiger charge is -2.15. The molecule has 0 amide bonds. The lowest BCUT2D eigenvalue weighted by atomic mass is 9.95. The maximum atomic E-state index is 6.41. The van der Waals surface area contributed by atoms with Crippen LogP contribution in [0.4, 0.5) is 0 Å². The molecule has 0 radical (unpaired) electrons. The molecule has 0 bridgehead atoms. The Morgan fingerprint density at radius 1 is 1.08 bits per heavy atom. The van der Waals surface area contributed by atoms with Crippen molar-refractivity contribution in [2.75, 3.05) is 13.1 Å². The summed E-state index contributed by atoms with van der Waals surface area (Å²) in [5.74, 6) is 0.422. The lowest BCUT2D eigenvalue weighted by molar-refractivity contribution is 0.326. The highest BCUT2D eigenvalue weighted by Crippen LogP contribution is 2.30. The van der Waals surface area contributed by atoms with Crippen molar-refractivity contribution in [3.63, 3.8) is 0 Å².